The largest absolute Gasteiger partial charge is 0.379 e. The van der Waals surface area contributed by atoms with Gasteiger partial charge in [-0.15, -0.1) is 24.0 Å². The third-order valence-corrected chi connectivity index (χ3v) is 4.40. The summed E-state index contributed by atoms with van der Waals surface area (Å²) in [6, 6.07) is 1.37. The van der Waals surface area contributed by atoms with Crippen LogP contribution in [0.4, 0.5) is 0 Å². The summed E-state index contributed by atoms with van der Waals surface area (Å²) in [4.78, 5) is 7.30. The highest BCUT2D eigenvalue weighted by molar-refractivity contribution is 14.0. The summed E-state index contributed by atoms with van der Waals surface area (Å²) in [6.07, 6.45) is 2.42. The van der Waals surface area contributed by atoms with Crippen LogP contribution in [-0.2, 0) is 4.74 Å². The molecule has 1 saturated heterocycles. The fourth-order valence-electron chi connectivity index (χ4n) is 2.93. The molecule has 0 bridgehead atoms. The van der Waals surface area contributed by atoms with E-state index < -0.39 is 0 Å². The Balaban J connectivity index is 0.00000529. The first kappa shape index (κ1) is 23.9. The molecule has 1 aliphatic heterocycles. The Morgan fingerprint density at radius 1 is 1.25 bits per heavy atom. The van der Waals surface area contributed by atoms with Crippen LogP contribution in [0.5, 0.6) is 0 Å². The van der Waals surface area contributed by atoms with Gasteiger partial charge in [0.1, 0.15) is 0 Å². The monoisotopic (exact) mass is 454 g/mol. The number of nitrogens with zero attached hydrogens (tertiary/aromatic N) is 2. The SMILES string of the molecule is CCNC(=NCC(C)N1CCOCC1C)NC(C)CCC(C)C.I. The summed E-state index contributed by atoms with van der Waals surface area (Å²) >= 11 is 0. The highest BCUT2D eigenvalue weighted by atomic mass is 127. The summed E-state index contributed by atoms with van der Waals surface area (Å²) in [6.45, 7) is 17.8. The number of aliphatic imine (C=N–C) groups is 1. The number of hydrogen-bond donors (Lipinski definition) is 2. The van der Waals surface area contributed by atoms with Crippen molar-refractivity contribution in [2.45, 2.75) is 72.5 Å². The van der Waals surface area contributed by atoms with E-state index in [9.17, 15) is 0 Å². The van der Waals surface area contributed by atoms with Gasteiger partial charge in [0.15, 0.2) is 5.96 Å². The second kappa shape index (κ2) is 13.2. The van der Waals surface area contributed by atoms with Gasteiger partial charge in [-0.2, -0.15) is 0 Å². The van der Waals surface area contributed by atoms with Crippen molar-refractivity contribution in [1.29, 1.82) is 0 Å². The summed E-state index contributed by atoms with van der Waals surface area (Å²) in [7, 11) is 0. The first-order valence-corrected chi connectivity index (χ1v) is 9.32. The van der Waals surface area contributed by atoms with Crippen molar-refractivity contribution >= 4 is 29.9 Å². The van der Waals surface area contributed by atoms with E-state index in [1.54, 1.807) is 0 Å². The molecule has 1 fully saturated rings. The molecule has 5 nitrogen and oxygen atoms in total. The number of guanidine groups is 1. The van der Waals surface area contributed by atoms with Crippen molar-refractivity contribution in [3.63, 3.8) is 0 Å². The molecule has 0 aromatic heterocycles. The highest BCUT2D eigenvalue weighted by Crippen LogP contribution is 2.11. The van der Waals surface area contributed by atoms with Crippen molar-refractivity contribution in [2.75, 3.05) is 32.8 Å². The van der Waals surface area contributed by atoms with E-state index in [4.69, 9.17) is 9.73 Å². The van der Waals surface area contributed by atoms with Crippen LogP contribution in [0.15, 0.2) is 4.99 Å². The summed E-state index contributed by atoms with van der Waals surface area (Å²) in [5, 5.41) is 6.90. The lowest BCUT2D eigenvalue weighted by molar-refractivity contribution is -0.0165. The lowest BCUT2D eigenvalue weighted by atomic mass is 10.0. The zero-order valence-electron chi connectivity index (χ0n) is 16.5. The molecule has 0 aliphatic carbocycles. The Morgan fingerprint density at radius 3 is 2.54 bits per heavy atom. The lowest BCUT2D eigenvalue weighted by Gasteiger charge is -2.37. The Morgan fingerprint density at radius 2 is 1.96 bits per heavy atom. The minimum absolute atomic E-state index is 0. The first-order valence-electron chi connectivity index (χ1n) is 9.32. The van der Waals surface area contributed by atoms with Crippen molar-refractivity contribution < 1.29 is 4.74 Å². The standard InChI is InChI=1S/C18H38N4O.HI/c1-7-19-18(21-15(4)9-8-14(2)3)20-12-16(5)22-10-11-23-13-17(22)6;/h14-17H,7-13H2,1-6H3,(H2,19,20,21);1H. The van der Waals surface area contributed by atoms with Crippen LogP contribution < -0.4 is 10.6 Å². The molecule has 0 spiro atoms. The second-order valence-electron chi connectivity index (χ2n) is 7.25. The molecular weight excluding hydrogens is 415 g/mol. The quantitative estimate of drug-likeness (QED) is 0.336. The van der Waals surface area contributed by atoms with Crippen molar-refractivity contribution in [2.24, 2.45) is 10.9 Å². The van der Waals surface area contributed by atoms with E-state index in [1.165, 1.54) is 12.8 Å². The van der Waals surface area contributed by atoms with Crippen LogP contribution in [-0.4, -0.2) is 61.8 Å². The van der Waals surface area contributed by atoms with E-state index in [1.807, 2.05) is 0 Å². The molecule has 0 amide bonds. The van der Waals surface area contributed by atoms with Gasteiger partial charge in [0.25, 0.3) is 0 Å². The maximum Gasteiger partial charge on any atom is 0.191 e. The van der Waals surface area contributed by atoms with Gasteiger partial charge in [-0.3, -0.25) is 9.89 Å². The molecule has 0 radical (unpaired) electrons. The maximum absolute atomic E-state index is 5.52. The zero-order chi connectivity index (χ0) is 17.2. The van der Waals surface area contributed by atoms with Crippen molar-refractivity contribution in [3.05, 3.63) is 0 Å². The third-order valence-electron chi connectivity index (χ3n) is 4.40. The molecule has 24 heavy (non-hydrogen) atoms. The Bertz CT molecular complexity index is 352. The maximum atomic E-state index is 5.52. The van der Waals surface area contributed by atoms with Crippen LogP contribution in [0.3, 0.4) is 0 Å². The number of nitrogens with one attached hydrogen (secondary N) is 2. The van der Waals surface area contributed by atoms with Gasteiger partial charge in [0.05, 0.1) is 19.8 Å². The molecule has 1 rings (SSSR count). The van der Waals surface area contributed by atoms with Crippen molar-refractivity contribution in [1.82, 2.24) is 15.5 Å². The van der Waals surface area contributed by atoms with Gasteiger partial charge >= 0.3 is 0 Å². The van der Waals surface area contributed by atoms with Gasteiger partial charge < -0.3 is 15.4 Å². The van der Waals surface area contributed by atoms with Crippen LogP contribution in [0.25, 0.3) is 0 Å². The summed E-state index contributed by atoms with van der Waals surface area (Å²) in [5.41, 5.74) is 0. The molecule has 3 atom stereocenters. The smallest absolute Gasteiger partial charge is 0.191 e. The highest BCUT2D eigenvalue weighted by Gasteiger charge is 2.23. The molecule has 3 unspecified atom stereocenters. The van der Waals surface area contributed by atoms with Crippen LogP contribution >= 0.6 is 24.0 Å². The van der Waals surface area contributed by atoms with Gasteiger partial charge in [0.2, 0.25) is 0 Å². The van der Waals surface area contributed by atoms with Gasteiger partial charge in [-0.05, 0) is 46.5 Å². The second-order valence-corrected chi connectivity index (χ2v) is 7.25. The van der Waals surface area contributed by atoms with Crippen LogP contribution in [0.2, 0.25) is 0 Å². The van der Waals surface area contributed by atoms with Crippen LogP contribution in [0, 0.1) is 5.92 Å². The molecule has 6 heteroatoms. The van der Waals surface area contributed by atoms with E-state index >= 15 is 0 Å². The summed E-state index contributed by atoms with van der Waals surface area (Å²) in [5.74, 6) is 1.69. The third kappa shape index (κ3) is 9.42. The Hall–Kier alpha value is -0.0800. The topological polar surface area (TPSA) is 48.9 Å². The van der Waals surface area contributed by atoms with E-state index in [0.29, 0.717) is 18.1 Å². The van der Waals surface area contributed by atoms with E-state index in [0.717, 1.165) is 44.7 Å². The molecule has 2 N–H and O–H groups in total. The minimum Gasteiger partial charge on any atom is -0.379 e. The molecule has 0 aromatic carbocycles. The van der Waals surface area contributed by atoms with Gasteiger partial charge in [-0.1, -0.05) is 13.8 Å². The fourth-order valence-corrected chi connectivity index (χ4v) is 2.93. The van der Waals surface area contributed by atoms with E-state index in [-0.39, 0.29) is 24.0 Å². The molecule has 0 aromatic rings. The average molecular weight is 454 g/mol. The molecule has 1 heterocycles. The number of hydrogen-bond acceptors (Lipinski definition) is 3. The average Bonchev–Trinajstić information content (AvgIpc) is 2.51. The first-order chi connectivity index (χ1) is 10.9. The van der Waals surface area contributed by atoms with Gasteiger partial charge in [0, 0.05) is 31.2 Å². The van der Waals surface area contributed by atoms with Gasteiger partial charge in [-0.25, -0.2) is 0 Å². The normalized spacial score (nSPS) is 22.0. The number of morpholine rings is 1. The predicted molar refractivity (Wildman–Crippen MR) is 115 cm³/mol. The molecule has 144 valence electrons. The molecule has 0 saturated carbocycles. The molecular formula is C18H39IN4O. The summed E-state index contributed by atoms with van der Waals surface area (Å²) < 4.78 is 5.52. The van der Waals surface area contributed by atoms with E-state index in [2.05, 4.69) is 57.1 Å². The predicted octanol–water partition coefficient (Wildman–Crippen LogP) is 3.09. The number of ether oxygens (including phenoxy) is 1. The number of halogens is 1. The lowest BCUT2D eigenvalue weighted by Crippen LogP contribution is -2.50. The number of rotatable bonds is 8. The minimum atomic E-state index is 0. The zero-order valence-corrected chi connectivity index (χ0v) is 18.8. The molecule has 1 aliphatic rings. The fraction of sp³-hybridized carbons (Fsp3) is 0.944. The Labute approximate surface area is 166 Å². The van der Waals surface area contributed by atoms with Crippen LogP contribution in [0.1, 0.15) is 54.4 Å². The van der Waals surface area contributed by atoms with Crippen molar-refractivity contribution in [3.8, 4) is 0 Å². The Kier molecular flexibility index (Phi) is 13.1.